The van der Waals surface area contributed by atoms with Crippen molar-refractivity contribution in [2.75, 3.05) is 0 Å². The lowest BCUT2D eigenvalue weighted by Gasteiger charge is -2.36. The van der Waals surface area contributed by atoms with Gasteiger partial charge in [-0.2, -0.15) is 65.9 Å². The molecule has 0 radical (unpaired) electrons. The van der Waals surface area contributed by atoms with Crippen LogP contribution in [-0.2, 0) is 19.1 Å². The second-order valence-electron chi connectivity index (χ2n) is 4.84. The van der Waals surface area contributed by atoms with Crippen LogP contribution in [-0.4, -0.2) is 54.0 Å². The van der Waals surface area contributed by atoms with Crippen molar-refractivity contribution in [3.63, 3.8) is 0 Å². The molecule has 0 spiro atoms. The highest BCUT2D eigenvalue weighted by Crippen LogP contribution is 2.57. The van der Waals surface area contributed by atoms with E-state index in [9.17, 15) is 75.4 Å². The van der Waals surface area contributed by atoms with Gasteiger partial charge >= 0.3 is 54.0 Å². The highest BCUT2D eigenvalue weighted by molar-refractivity contribution is 5.81. The minimum atomic E-state index is -8.19. The van der Waals surface area contributed by atoms with E-state index in [1.54, 1.807) is 0 Å². The highest BCUT2D eigenvalue weighted by atomic mass is 19.4. The van der Waals surface area contributed by atoms with Gasteiger partial charge in [-0.05, 0) is 0 Å². The predicted molar refractivity (Wildman–Crippen MR) is 58.1 cm³/mol. The maximum Gasteiger partial charge on any atom is 0.510 e. The summed E-state index contributed by atoms with van der Waals surface area (Å²) in [6.45, 7) is 2.40. The number of ether oxygens (including phenoxy) is 2. The Morgan fingerprint density at radius 3 is 1.30 bits per heavy atom. The van der Waals surface area contributed by atoms with Gasteiger partial charge < -0.3 is 9.47 Å². The Morgan fingerprint density at radius 1 is 0.600 bits per heavy atom. The first kappa shape index (κ1) is 27.6. The van der Waals surface area contributed by atoms with Gasteiger partial charge in [-0.1, -0.05) is 6.58 Å². The molecule has 0 aromatic carbocycles. The molecule has 0 saturated heterocycles. The summed E-state index contributed by atoms with van der Waals surface area (Å²) in [7, 11) is 0. The van der Waals surface area contributed by atoms with Crippen molar-refractivity contribution in [3.05, 3.63) is 12.7 Å². The lowest BCUT2D eigenvalue weighted by Crippen LogP contribution is -2.68. The highest BCUT2D eigenvalue weighted by Gasteiger charge is 2.89. The fraction of sp³-hybridized carbons (Fsp3) is 0.636. The largest absolute Gasteiger partial charge is 0.510 e. The molecule has 0 aromatic rings. The summed E-state index contributed by atoms with van der Waals surface area (Å²) in [4.78, 5) is 21.1. The van der Waals surface area contributed by atoms with E-state index in [0.29, 0.717) is 0 Å². The molecule has 0 amide bonds. The van der Waals surface area contributed by atoms with Crippen LogP contribution >= 0.6 is 0 Å². The molecule has 0 aliphatic rings. The molecule has 0 atom stereocenters. The van der Waals surface area contributed by atoms with Crippen LogP contribution in [0.15, 0.2) is 12.7 Å². The van der Waals surface area contributed by atoms with Gasteiger partial charge in [0.1, 0.15) is 0 Å². The van der Waals surface area contributed by atoms with Gasteiger partial charge in [0.05, 0.1) is 0 Å². The summed E-state index contributed by atoms with van der Waals surface area (Å²) >= 11 is 0. The Kier molecular flexibility index (Phi) is 6.81. The van der Waals surface area contributed by atoms with E-state index in [-0.39, 0.29) is 6.08 Å². The van der Waals surface area contributed by atoms with Gasteiger partial charge in [-0.15, -0.1) is 0 Å². The quantitative estimate of drug-likeness (QED) is 0.289. The Hall–Kier alpha value is -2.37. The van der Waals surface area contributed by atoms with Crippen molar-refractivity contribution in [2.45, 2.75) is 42.1 Å². The van der Waals surface area contributed by atoms with Crippen LogP contribution in [0.1, 0.15) is 0 Å². The van der Waals surface area contributed by atoms with Crippen molar-refractivity contribution in [2.24, 2.45) is 0 Å². The monoisotopic (exact) mass is 484 g/mol. The molecule has 0 unspecified atom stereocenters. The smallest absolute Gasteiger partial charge is 0.390 e. The minimum Gasteiger partial charge on any atom is -0.390 e. The van der Waals surface area contributed by atoms with Crippen molar-refractivity contribution in [3.8, 4) is 0 Å². The Balaban J connectivity index is 6.10. The first-order valence-electron chi connectivity index (χ1n) is 6.26. The normalized spacial score (nSPS) is 14.9. The average molecular weight is 484 g/mol. The SMILES string of the molecule is C=CC(=O)OC(F)(F)C(F)(F)OC(=O)C(F)(F)C(F)(F)C(F)(F)C(F)(F)C(F)(F)F. The van der Waals surface area contributed by atoms with Gasteiger partial charge in [-0.25, -0.2) is 9.59 Å². The van der Waals surface area contributed by atoms with Gasteiger partial charge in [0.2, 0.25) is 0 Å². The molecule has 0 aromatic heterocycles. The van der Waals surface area contributed by atoms with Gasteiger partial charge in [-0.3, -0.25) is 0 Å². The molecule has 0 aliphatic carbocycles. The van der Waals surface area contributed by atoms with Crippen LogP contribution in [0.5, 0.6) is 0 Å². The van der Waals surface area contributed by atoms with E-state index < -0.39 is 54.0 Å². The van der Waals surface area contributed by atoms with Crippen LogP contribution in [0, 0.1) is 0 Å². The van der Waals surface area contributed by atoms with Crippen LogP contribution < -0.4 is 0 Å². The summed E-state index contributed by atoms with van der Waals surface area (Å²) in [5, 5.41) is 0. The number of hydrogen-bond donors (Lipinski definition) is 0. The molecule has 0 aliphatic heterocycles. The van der Waals surface area contributed by atoms with E-state index >= 15 is 0 Å². The zero-order chi connectivity index (χ0) is 24.8. The van der Waals surface area contributed by atoms with Crippen molar-refractivity contribution < 1.29 is 84.9 Å². The first-order valence-corrected chi connectivity index (χ1v) is 6.26. The first-order chi connectivity index (χ1) is 12.8. The lowest BCUT2D eigenvalue weighted by molar-refractivity contribution is -0.428. The van der Waals surface area contributed by atoms with E-state index in [1.165, 1.54) is 0 Å². The number of carbonyl (C=O) groups is 2. The van der Waals surface area contributed by atoms with Crippen LogP contribution in [0.3, 0.4) is 0 Å². The number of rotatable bonds is 8. The lowest BCUT2D eigenvalue weighted by atomic mass is 9.98. The van der Waals surface area contributed by atoms with Gasteiger partial charge in [0.15, 0.2) is 0 Å². The van der Waals surface area contributed by atoms with Crippen LogP contribution in [0.25, 0.3) is 0 Å². The van der Waals surface area contributed by atoms with E-state index in [1.807, 2.05) is 4.74 Å². The molecule has 0 fully saturated rings. The molecule has 176 valence electrons. The second kappa shape index (κ2) is 7.40. The fourth-order valence-electron chi connectivity index (χ4n) is 1.17. The summed E-state index contributed by atoms with van der Waals surface area (Å²) in [5.74, 6) is -39.2. The zero-order valence-corrected chi connectivity index (χ0v) is 13.1. The Morgan fingerprint density at radius 2 is 0.967 bits per heavy atom. The third-order valence-electron chi connectivity index (χ3n) is 2.75. The third-order valence-corrected chi connectivity index (χ3v) is 2.75. The van der Waals surface area contributed by atoms with E-state index in [0.717, 1.165) is 0 Å². The Labute approximate surface area is 153 Å². The predicted octanol–water partition coefficient (Wildman–Crippen LogP) is 4.55. The van der Waals surface area contributed by atoms with Crippen LogP contribution in [0.2, 0.25) is 0 Å². The summed E-state index contributed by atoms with van der Waals surface area (Å²) in [6.07, 6.45) is -21.2. The Bertz CT molecular complexity index is 693. The topological polar surface area (TPSA) is 52.6 Å². The third kappa shape index (κ3) is 4.23. The molecule has 0 heterocycles. The number of alkyl halides is 15. The van der Waals surface area contributed by atoms with Crippen molar-refractivity contribution >= 4 is 11.9 Å². The maximum atomic E-state index is 13.1. The second-order valence-corrected chi connectivity index (χ2v) is 4.84. The molecule has 0 rings (SSSR count). The number of carbonyl (C=O) groups excluding carboxylic acids is 2. The van der Waals surface area contributed by atoms with Gasteiger partial charge in [0, 0.05) is 6.08 Å². The zero-order valence-electron chi connectivity index (χ0n) is 13.1. The molecule has 0 saturated carbocycles. The molecule has 0 bridgehead atoms. The molecular weight excluding hydrogens is 481 g/mol. The molecular formula is C11H3F15O4. The van der Waals surface area contributed by atoms with Gasteiger partial charge in [0.25, 0.3) is 0 Å². The number of halogens is 15. The van der Waals surface area contributed by atoms with E-state index in [4.69, 9.17) is 0 Å². The molecule has 19 heteroatoms. The van der Waals surface area contributed by atoms with Crippen molar-refractivity contribution in [1.29, 1.82) is 0 Å². The summed E-state index contributed by atoms with van der Waals surface area (Å²) in [6, 6.07) is 0. The summed E-state index contributed by atoms with van der Waals surface area (Å²) in [5.41, 5.74) is 0. The molecule has 4 nitrogen and oxygen atoms in total. The van der Waals surface area contributed by atoms with Crippen LogP contribution in [0.4, 0.5) is 65.9 Å². The maximum absolute atomic E-state index is 13.1. The molecule has 0 N–H and O–H groups in total. The van der Waals surface area contributed by atoms with Crippen molar-refractivity contribution in [1.82, 2.24) is 0 Å². The minimum absolute atomic E-state index is 0.256. The number of hydrogen-bond acceptors (Lipinski definition) is 4. The standard InChI is InChI=1S/C11H3F15O4/c1-2-3(27)29-10(23,24)11(25,26)30-4(28)5(12,13)6(14,15)7(16,17)8(18,19)9(20,21)22/h2H,1H2. The number of esters is 2. The average Bonchev–Trinajstić information content (AvgIpc) is 2.51. The summed E-state index contributed by atoms with van der Waals surface area (Å²) < 4.78 is 195. The van der Waals surface area contributed by atoms with E-state index in [2.05, 4.69) is 11.3 Å². The molecule has 30 heavy (non-hydrogen) atoms. The fourth-order valence-corrected chi connectivity index (χ4v) is 1.17.